The number of halogens is 1. The van der Waals surface area contributed by atoms with Crippen molar-refractivity contribution in [2.24, 2.45) is 0 Å². The van der Waals surface area contributed by atoms with Crippen LogP contribution in [0.5, 0.6) is 5.75 Å². The van der Waals surface area contributed by atoms with Crippen LogP contribution >= 0.6 is 15.9 Å². The average Bonchev–Trinajstić information content (AvgIpc) is 2.79. The normalized spacial score (nSPS) is 20.6. The number of hydrogen-bond donors (Lipinski definition) is 1. The number of benzene rings is 1. The summed E-state index contributed by atoms with van der Waals surface area (Å²) in [6.45, 7) is 4.36. The Kier molecular flexibility index (Phi) is 7.07. The monoisotopic (exact) mass is 398 g/mol. The number of ether oxygens (including phenoxy) is 1. The molecule has 2 atom stereocenters. The molecule has 1 N–H and O–H groups in total. The molecule has 0 bridgehead atoms. The maximum atomic E-state index is 10.9. The lowest BCUT2D eigenvalue weighted by Gasteiger charge is -2.29. The van der Waals surface area contributed by atoms with E-state index in [-0.39, 0.29) is 6.54 Å². The first-order valence-electron chi connectivity index (χ1n) is 8.42. The molecule has 134 valence electrons. The van der Waals surface area contributed by atoms with Gasteiger partial charge in [-0.25, -0.2) is 0 Å². The van der Waals surface area contributed by atoms with E-state index in [4.69, 9.17) is 9.84 Å². The molecule has 5 nitrogen and oxygen atoms in total. The zero-order valence-corrected chi connectivity index (χ0v) is 16.3. The van der Waals surface area contributed by atoms with E-state index in [1.165, 1.54) is 5.56 Å². The van der Waals surface area contributed by atoms with Gasteiger partial charge in [-0.3, -0.25) is 14.6 Å². The van der Waals surface area contributed by atoms with Crippen molar-refractivity contribution in [3.05, 3.63) is 28.2 Å². The highest BCUT2D eigenvalue weighted by molar-refractivity contribution is 9.10. The summed E-state index contributed by atoms with van der Waals surface area (Å²) in [6, 6.07) is 6.78. The minimum atomic E-state index is -0.755. The predicted molar refractivity (Wildman–Crippen MR) is 98.6 cm³/mol. The molecule has 1 saturated heterocycles. The third kappa shape index (κ3) is 4.94. The van der Waals surface area contributed by atoms with Crippen LogP contribution in [0.1, 0.15) is 37.8 Å². The van der Waals surface area contributed by atoms with Crippen LogP contribution in [-0.4, -0.2) is 60.7 Å². The minimum absolute atomic E-state index is 0.115. The van der Waals surface area contributed by atoms with Gasteiger partial charge in [0.25, 0.3) is 0 Å². The zero-order valence-electron chi connectivity index (χ0n) is 14.7. The van der Waals surface area contributed by atoms with Gasteiger partial charge in [-0.05, 0) is 57.5 Å². The summed E-state index contributed by atoms with van der Waals surface area (Å²) in [5, 5.41) is 8.98. The smallest absolute Gasteiger partial charge is 0.317 e. The second-order valence-electron chi connectivity index (χ2n) is 6.49. The quantitative estimate of drug-likeness (QED) is 0.795. The Balaban J connectivity index is 2.01. The van der Waals surface area contributed by atoms with E-state index in [9.17, 15) is 4.79 Å². The Bertz CT molecular complexity index is 567. The van der Waals surface area contributed by atoms with Crippen LogP contribution in [0, 0.1) is 0 Å². The van der Waals surface area contributed by atoms with E-state index in [0.717, 1.165) is 42.6 Å². The van der Waals surface area contributed by atoms with Crippen molar-refractivity contribution < 1.29 is 14.6 Å². The third-order valence-electron chi connectivity index (χ3n) is 4.95. The van der Waals surface area contributed by atoms with Gasteiger partial charge in [0.05, 0.1) is 13.7 Å². The molecule has 0 saturated carbocycles. The lowest BCUT2D eigenvalue weighted by molar-refractivity contribution is -0.138. The lowest BCUT2D eigenvalue weighted by atomic mass is 10.1. The Morgan fingerprint density at radius 1 is 1.46 bits per heavy atom. The highest BCUT2D eigenvalue weighted by Crippen LogP contribution is 2.32. The number of rotatable bonds is 6. The molecule has 1 aliphatic heterocycles. The highest BCUT2D eigenvalue weighted by atomic mass is 79.9. The number of likely N-dealkylation sites (tertiary alicyclic amines) is 1. The van der Waals surface area contributed by atoms with Crippen LogP contribution in [0.2, 0.25) is 0 Å². The fourth-order valence-electron chi connectivity index (χ4n) is 3.44. The largest absolute Gasteiger partial charge is 0.497 e. The van der Waals surface area contributed by atoms with Crippen LogP contribution in [-0.2, 0) is 4.79 Å². The van der Waals surface area contributed by atoms with Crippen LogP contribution in [0.3, 0.4) is 0 Å². The number of aliphatic carboxylic acids is 1. The molecule has 0 aliphatic carbocycles. The first-order chi connectivity index (χ1) is 11.4. The Morgan fingerprint density at radius 2 is 2.21 bits per heavy atom. The summed E-state index contributed by atoms with van der Waals surface area (Å²) in [6.07, 6.45) is 3.14. The summed E-state index contributed by atoms with van der Waals surface area (Å²) in [7, 11) is 3.59. The third-order valence-corrected chi connectivity index (χ3v) is 5.63. The van der Waals surface area contributed by atoms with E-state index >= 15 is 0 Å². The van der Waals surface area contributed by atoms with Crippen LogP contribution in [0.15, 0.2) is 22.7 Å². The molecule has 2 rings (SSSR count). The molecule has 2 unspecified atom stereocenters. The number of methoxy groups -OCH3 is 1. The number of nitrogens with zero attached hydrogens (tertiary/aromatic N) is 2. The van der Waals surface area contributed by atoms with Gasteiger partial charge in [0.1, 0.15) is 5.75 Å². The average molecular weight is 399 g/mol. The van der Waals surface area contributed by atoms with Gasteiger partial charge in [0.2, 0.25) is 0 Å². The van der Waals surface area contributed by atoms with E-state index in [2.05, 4.69) is 33.8 Å². The molecule has 0 radical (unpaired) electrons. The molecule has 6 heteroatoms. The Labute approximate surface area is 152 Å². The van der Waals surface area contributed by atoms with Crippen molar-refractivity contribution in [1.82, 2.24) is 9.80 Å². The second kappa shape index (κ2) is 8.83. The van der Waals surface area contributed by atoms with Crippen molar-refractivity contribution in [3.8, 4) is 5.75 Å². The summed E-state index contributed by atoms with van der Waals surface area (Å²) in [5.74, 6) is 0.0955. The van der Waals surface area contributed by atoms with Crippen molar-refractivity contribution in [1.29, 1.82) is 0 Å². The molecule has 24 heavy (non-hydrogen) atoms. The number of hydrogen-bond acceptors (Lipinski definition) is 4. The van der Waals surface area contributed by atoms with Gasteiger partial charge in [0, 0.05) is 23.1 Å². The first kappa shape index (κ1) is 19.2. The fraction of sp³-hybridized carbons (Fsp3) is 0.611. The van der Waals surface area contributed by atoms with Gasteiger partial charge in [-0.2, -0.15) is 0 Å². The topological polar surface area (TPSA) is 53.0 Å². The first-order valence-corrected chi connectivity index (χ1v) is 9.21. The molecule has 1 heterocycles. The second-order valence-corrected chi connectivity index (χ2v) is 7.35. The molecular formula is C18H27BrN2O3. The summed E-state index contributed by atoms with van der Waals surface area (Å²) < 4.78 is 6.34. The van der Waals surface area contributed by atoms with E-state index in [1.54, 1.807) is 7.11 Å². The van der Waals surface area contributed by atoms with Crippen molar-refractivity contribution in [2.45, 2.75) is 38.3 Å². The Hall–Kier alpha value is -1.11. The van der Waals surface area contributed by atoms with Crippen LogP contribution < -0.4 is 4.74 Å². The van der Waals surface area contributed by atoms with E-state index in [1.807, 2.05) is 24.1 Å². The van der Waals surface area contributed by atoms with Crippen molar-refractivity contribution >= 4 is 21.9 Å². The molecule has 1 aromatic rings. The molecule has 0 spiro atoms. The number of carbonyl (C=O) groups is 1. The number of carboxylic acid groups (broad SMARTS) is 1. The number of likely N-dealkylation sites (N-methyl/N-ethyl adjacent to an activating group) is 1. The molecule has 1 aromatic carbocycles. The predicted octanol–water partition coefficient (Wildman–Crippen LogP) is 3.39. The summed E-state index contributed by atoms with van der Waals surface area (Å²) in [5.41, 5.74) is 1.26. The molecule has 0 aromatic heterocycles. The summed E-state index contributed by atoms with van der Waals surface area (Å²) in [4.78, 5) is 15.4. The maximum absolute atomic E-state index is 10.9. The van der Waals surface area contributed by atoms with Crippen molar-refractivity contribution in [2.75, 3.05) is 33.8 Å². The Morgan fingerprint density at radius 3 is 2.83 bits per heavy atom. The maximum Gasteiger partial charge on any atom is 0.317 e. The van der Waals surface area contributed by atoms with Crippen LogP contribution in [0.4, 0.5) is 0 Å². The van der Waals surface area contributed by atoms with Gasteiger partial charge in [-0.15, -0.1) is 0 Å². The highest BCUT2D eigenvalue weighted by Gasteiger charge is 2.25. The van der Waals surface area contributed by atoms with E-state index in [0.29, 0.717) is 12.1 Å². The lowest BCUT2D eigenvalue weighted by Crippen LogP contribution is -2.36. The summed E-state index contributed by atoms with van der Waals surface area (Å²) >= 11 is 3.66. The van der Waals surface area contributed by atoms with Gasteiger partial charge < -0.3 is 9.84 Å². The zero-order chi connectivity index (χ0) is 17.7. The molecule has 1 fully saturated rings. The molecule has 0 amide bonds. The van der Waals surface area contributed by atoms with Gasteiger partial charge in [-0.1, -0.05) is 22.0 Å². The fourth-order valence-corrected chi connectivity index (χ4v) is 4.13. The van der Waals surface area contributed by atoms with Crippen LogP contribution in [0.25, 0.3) is 0 Å². The van der Waals surface area contributed by atoms with Crippen molar-refractivity contribution in [3.63, 3.8) is 0 Å². The van der Waals surface area contributed by atoms with Gasteiger partial charge >= 0.3 is 5.97 Å². The SMILES string of the molecule is COc1ccc(C(C)N2CCCC(N(C)CC(=O)O)CC2)c(Br)c1. The standard InChI is InChI=1S/C18H27BrN2O3/c1-13(16-7-6-15(24-3)11-17(16)19)21-9-4-5-14(8-10-21)20(2)12-18(22)23/h6-7,11,13-14H,4-5,8-10,12H2,1-3H3,(H,22,23). The molecular weight excluding hydrogens is 372 g/mol. The molecule has 1 aliphatic rings. The number of carboxylic acids is 1. The van der Waals surface area contributed by atoms with Gasteiger partial charge in [0.15, 0.2) is 0 Å². The minimum Gasteiger partial charge on any atom is -0.497 e. The van der Waals surface area contributed by atoms with E-state index < -0.39 is 5.97 Å².